The molecule has 0 aromatic carbocycles. The number of rotatable bonds is 8. The molecule has 52 heavy (non-hydrogen) atoms. The molecule has 3 rings (SSSR count). The fraction of sp³-hybridized carbons (Fsp3) is 0.949. The highest BCUT2D eigenvalue weighted by Crippen LogP contribution is 2.40. The van der Waals surface area contributed by atoms with Crippen molar-refractivity contribution in [2.75, 3.05) is 21.2 Å². The number of hydrogen-bond donors (Lipinski definition) is 4. The van der Waals surface area contributed by atoms with Crippen LogP contribution >= 0.6 is 0 Å². The number of carbonyl (C=O) groups is 2. The molecule has 3 saturated heterocycles. The van der Waals surface area contributed by atoms with Crippen LogP contribution in [-0.4, -0.2) is 137 Å². The highest BCUT2D eigenvalue weighted by atomic mass is 16.7. The van der Waals surface area contributed by atoms with Crippen molar-refractivity contribution in [3.8, 4) is 0 Å². The third kappa shape index (κ3) is 9.94. The molecule has 0 aromatic rings. The van der Waals surface area contributed by atoms with Crippen LogP contribution in [0.15, 0.2) is 0 Å². The summed E-state index contributed by atoms with van der Waals surface area (Å²) in [5, 5.41) is 46.4. The normalized spacial score (nSPS) is 48.2. The standard InChI is InChI=1S/C39H71NO12/c1-15-19(2)32-23(6)30(42)22(5)29(41)20(3)17-38(10,46)35(52-37-31(43)27(40(12)13)16-21(4)48-37)24(7)33(25(8)36(45)51-32)50-28-18-39(11,47-14)34(44)26(9)49-28/h19-28,30-35,37,42-44,46H,15-18H2,1-14H3. The van der Waals surface area contributed by atoms with Crippen molar-refractivity contribution in [1.29, 1.82) is 0 Å². The molecule has 3 aliphatic rings. The van der Waals surface area contributed by atoms with Crippen LogP contribution in [0.4, 0.5) is 0 Å². The lowest BCUT2D eigenvalue weighted by atomic mass is 9.74. The zero-order chi connectivity index (χ0) is 39.6. The summed E-state index contributed by atoms with van der Waals surface area (Å²) in [5.41, 5.74) is -2.75. The first-order valence-corrected chi connectivity index (χ1v) is 19.3. The Bertz CT molecular complexity index is 1170. The van der Waals surface area contributed by atoms with Crippen LogP contribution in [0, 0.1) is 35.5 Å². The minimum absolute atomic E-state index is 0.0486. The first kappa shape index (κ1) is 45.1. The van der Waals surface area contributed by atoms with Crippen molar-refractivity contribution in [3.63, 3.8) is 0 Å². The number of ether oxygens (including phenoxy) is 6. The molecule has 0 bridgehead atoms. The molecule has 13 heteroatoms. The Balaban J connectivity index is 2.19. The van der Waals surface area contributed by atoms with Crippen LogP contribution in [0.25, 0.3) is 0 Å². The molecule has 3 aliphatic heterocycles. The molecular weight excluding hydrogens is 674 g/mol. The highest BCUT2D eigenvalue weighted by molar-refractivity contribution is 5.83. The molecule has 0 amide bonds. The second-order valence-corrected chi connectivity index (χ2v) is 17.1. The monoisotopic (exact) mass is 745 g/mol. The van der Waals surface area contributed by atoms with Crippen molar-refractivity contribution in [3.05, 3.63) is 0 Å². The van der Waals surface area contributed by atoms with Gasteiger partial charge in [-0.25, -0.2) is 0 Å². The summed E-state index contributed by atoms with van der Waals surface area (Å²) in [4.78, 5) is 30.1. The minimum Gasteiger partial charge on any atom is -0.461 e. The minimum atomic E-state index is -1.73. The van der Waals surface area contributed by atoms with Crippen LogP contribution in [0.1, 0.15) is 102 Å². The predicted octanol–water partition coefficient (Wildman–Crippen LogP) is 3.31. The second kappa shape index (κ2) is 18.1. The van der Waals surface area contributed by atoms with Gasteiger partial charge in [0.15, 0.2) is 12.6 Å². The maximum Gasteiger partial charge on any atom is 0.311 e. The zero-order valence-corrected chi connectivity index (χ0v) is 34.1. The quantitative estimate of drug-likeness (QED) is 0.267. The molecule has 19 unspecified atom stereocenters. The number of carbonyl (C=O) groups excluding carboxylic acids is 2. The Hall–Kier alpha value is -1.26. The fourth-order valence-corrected chi connectivity index (χ4v) is 8.73. The van der Waals surface area contributed by atoms with Gasteiger partial charge in [-0.2, -0.15) is 0 Å². The van der Waals surface area contributed by atoms with Gasteiger partial charge in [-0.1, -0.05) is 48.0 Å². The van der Waals surface area contributed by atoms with Crippen LogP contribution in [0.3, 0.4) is 0 Å². The number of aliphatic hydroxyl groups is 4. The van der Waals surface area contributed by atoms with E-state index >= 15 is 0 Å². The van der Waals surface area contributed by atoms with Crippen molar-refractivity contribution >= 4 is 11.8 Å². The van der Waals surface area contributed by atoms with Gasteiger partial charge in [0.25, 0.3) is 0 Å². The molecule has 0 saturated carbocycles. The fourth-order valence-electron chi connectivity index (χ4n) is 8.73. The average molecular weight is 746 g/mol. The van der Waals surface area contributed by atoms with Gasteiger partial charge in [-0.15, -0.1) is 0 Å². The van der Waals surface area contributed by atoms with E-state index < -0.39 is 102 Å². The summed E-state index contributed by atoms with van der Waals surface area (Å²) in [7, 11) is 5.24. The first-order chi connectivity index (χ1) is 24.0. The lowest BCUT2D eigenvalue weighted by molar-refractivity contribution is -0.317. The number of Topliss-reactive ketones (excluding diaryl/α,β-unsaturated/α-hetero) is 1. The second-order valence-electron chi connectivity index (χ2n) is 17.1. The van der Waals surface area contributed by atoms with Crippen LogP contribution in [0.5, 0.6) is 0 Å². The topological polar surface area (TPSA) is 174 Å². The zero-order valence-electron chi connectivity index (χ0n) is 34.1. The van der Waals surface area contributed by atoms with E-state index in [-0.39, 0.29) is 36.7 Å². The van der Waals surface area contributed by atoms with Gasteiger partial charge in [0.05, 0.1) is 47.6 Å². The number of aliphatic hydroxyl groups excluding tert-OH is 3. The molecule has 0 aliphatic carbocycles. The van der Waals surface area contributed by atoms with Gasteiger partial charge in [0.2, 0.25) is 0 Å². The maximum atomic E-state index is 14.3. The summed E-state index contributed by atoms with van der Waals surface area (Å²) in [6.07, 6.45) is -7.73. The smallest absolute Gasteiger partial charge is 0.311 e. The van der Waals surface area contributed by atoms with Crippen LogP contribution < -0.4 is 0 Å². The lowest BCUT2D eigenvalue weighted by Gasteiger charge is -2.49. The highest BCUT2D eigenvalue weighted by Gasteiger charge is 2.52. The summed E-state index contributed by atoms with van der Waals surface area (Å²) in [6.45, 7) is 19.6. The molecule has 3 fully saturated rings. The Morgan fingerprint density at radius 3 is 2.08 bits per heavy atom. The largest absolute Gasteiger partial charge is 0.461 e. The van der Waals surface area contributed by atoms with Gasteiger partial charge in [-0.3, -0.25) is 9.59 Å². The number of cyclic esters (lactones) is 1. The van der Waals surface area contributed by atoms with E-state index in [9.17, 15) is 30.0 Å². The number of likely N-dealkylation sites (N-methyl/N-ethyl adjacent to an activating group) is 1. The molecule has 19 atom stereocenters. The van der Waals surface area contributed by atoms with E-state index in [0.717, 1.165) is 0 Å². The molecule has 4 N–H and O–H groups in total. The lowest BCUT2D eigenvalue weighted by Crippen LogP contribution is -2.60. The number of methoxy groups -OCH3 is 1. The Morgan fingerprint density at radius 1 is 0.904 bits per heavy atom. The van der Waals surface area contributed by atoms with Crippen molar-refractivity contribution in [1.82, 2.24) is 4.90 Å². The summed E-state index contributed by atoms with van der Waals surface area (Å²) < 4.78 is 37.7. The molecule has 304 valence electrons. The predicted molar refractivity (Wildman–Crippen MR) is 194 cm³/mol. The Labute approximate surface area is 312 Å². The average Bonchev–Trinajstić information content (AvgIpc) is 3.08. The summed E-state index contributed by atoms with van der Waals surface area (Å²) >= 11 is 0. The molecule has 0 radical (unpaired) electrons. The SMILES string of the molecule is CCC(C)C1OC(=O)C(C)C(OC2CC(C)(OC)C(O)C(C)O2)C(C)C(OC2OC(C)CC(N(C)C)C2O)C(C)(O)CC(C)C(=O)C(C)C(O)C1C. The Kier molecular flexibility index (Phi) is 15.7. The van der Waals surface area contributed by atoms with Gasteiger partial charge in [0, 0.05) is 43.2 Å². The maximum absolute atomic E-state index is 14.3. The number of esters is 1. The van der Waals surface area contributed by atoms with Crippen molar-refractivity contribution in [2.24, 2.45) is 35.5 Å². The molecule has 0 spiro atoms. The summed E-state index contributed by atoms with van der Waals surface area (Å²) in [6, 6.07) is -0.300. The van der Waals surface area contributed by atoms with Gasteiger partial charge in [0.1, 0.15) is 24.1 Å². The molecule has 3 heterocycles. The third-order valence-electron chi connectivity index (χ3n) is 12.5. The van der Waals surface area contributed by atoms with E-state index in [1.165, 1.54) is 7.11 Å². The molecule has 0 aromatic heterocycles. The Morgan fingerprint density at radius 2 is 1.52 bits per heavy atom. The van der Waals surface area contributed by atoms with Gasteiger partial charge in [-0.05, 0) is 67.5 Å². The third-order valence-corrected chi connectivity index (χ3v) is 12.5. The summed E-state index contributed by atoms with van der Waals surface area (Å²) in [5.74, 6) is -4.77. The van der Waals surface area contributed by atoms with Crippen LogP contribution in [-0.2, 0) is 38.0 Å². The van der Waals surface area contributed by atoms with Crippen LogP contribution in [0.2, 0.25) is 0 Å². The van der Waals surface area contributed by atoms with E-state index in [2.05, 4.69) is 0 Å². The molecule has 13 nitrogen and oxygen atoms in total. The van der Waals surface area contributed by atoms with Gasteiger partial charge >= 0.3 is 5.97 Å². The van der Waals surface area contributed by atoms with E-state index in [0.29, 0.717) is 12.8 Å². The van der Waals surface area contributed by atoms with E-state index in [4.69, 9.17) is 28.4 Å². The first-order valence-electron chi connectivity index (χ1n) is 19.3. The number of ketones is 1. The number of nitrogens with zero attached hydrogens (tertiary/aromatic N) is 1. The van der Waals surface area contributed by atoms with Gasteiger partial charge < -0.3 is 53.7 Å². The van der Waals surface area contributed by atoms with E-state index in [1.54, 1.807) is 55.4 Å². The van der Waals surface area contributed by atoms with E-state index in [1.807, 2.05) is 39.8 Å². The van der Waals surface area contributed by atoms with Crippen molar-refractivity contribution < 1.29 is 58.4 Å². The number of hydrogen-bond acceptors (Lipinski definition) is 13. The molecular formula is C39H71NO12. The van der Waals surface area contributed by atoms with Crippen molar-refractivity contribution in [2.45, 2.75) is 181 Å².